The van der Waals surface area contributed by atoms with Gasteiger partial charge >= 0.3 is 0 Å². The van der Waals surface area contributed by atoms with Crippen molar-refractivity contribution in [3.63, 3.8) is 0 Å². The van der Waals surface area contributed by atoms with Crippen LogP contribution in [0.5, 0.6) is 5.75 Å². The zero-order valence-electron chi connectivity index (χ0n) is 24.6. The van der Waals surface area contributed by atoms with Gasteiger partial charge in [0.25, 0.3) is 0 Å². The van der Waals surface area contributed by atoms with Crippen LogP contribution in [0.1, 0.15) is 50.2 Å². The third-order valence-electron chi connectivity index (χ3n) is 8.40. The number of sulfone groups is 1. The van der Waals surface area contributed by atoms with E-state index in [1.54, 1.807) is 27.1 Å². The van der Waals surface area contributed by atoms with Crippen molar-refractivity contribution >= 4 is 44.6 Å². The lowest BCUT2D eigenvalue weighted by Crippen LogP contribution is -2.43. The van der Waals surface area contributed by atoms with Crippen LogP contribution in [0.25, 0.3) is 0 Å². The van der Waals surface area contributed by atoms with Crippen molar-refractivity contribution in [1.29, 1.82) is 0 Å². The minimum absolute atomic E-state index is 0.0562. The average molecular weight is 616 g/mol. The smallest absolute Gasteiger partial charge is 0.229 e. The second-order valence-corrected chi connectivity index (χ2v) is 14.8. The molecular weight excluding hydrogens is 578 g/mol. The van der Waals surface area contributed by atoms with Gasteiger partial charge in [-0.3, -0.25) is 4.68 Å². The first-order valence-electron chi connectivity index (χ1n) is 14.4. The van der Waals surface area contributed by atoms with Crippen molar-refractivity contribution in [3.05, 3.63) is 40.7 Å². The molecule has 0 spiro atoms. The molecule has 2 N–H and O–H groups in total. The highest BCUT2D eigenvalue weighted by Gasteiger charge is 2.39. The van der Waals surface area contributed by atoms with E-state index in [9.17, 15) is 8.42 Å². The van der Waals surface area contributed by atoms with Crippen LogP contribution in [-0.4, -0.2) is 77.3 Å². The molecule has 0 radical (unpaired) electrons. The van der Waals surface area contributed by atoms with Crippen LogP contribution in [0.3, 0.4) is 0 Å². The van der Waals surface area contributed by atoms with Gasteiger partial charge in [-0.2, -0.15) is 10.1 Å². The number of nitrogens with zero attached hydrogens (tertiary/aromatic N) is 5. The molecule has 4 fully saturated rings. The first-order valence-corrected chi connectivity index (χ1v) is 16.3. The highest BCUT2D eigenvalue weighted by molar-refractivity contribution is 7.92. The summed E-state index contributed by atoms with van der Waals surface area (Å²) in [5.41, 5.74) is 3.54. The molecule has 1 aliphatic carbocycles. The zero-order chi connectivity index (χ0) is 29.8. The Morgan fingerprint density at radius 3 is 2.67 bits per heavy atom. The number of aromatic nitrogens is 4. The number of anilines is 4. The summed E-state index contributed by atoms with van der Waals surface area (Å²) in [6, 6.07) is 4.72. The molecule has 3 aliphatic heterocycles. The lowest BCUT2D eigenvalue weighted by Gasteiger charge is -2.39. The van der Waals surface area contributed by atoms with Gasteiger partial charge in [-0.15, -0.1) is 0 Å². The summed E-state index contributed by atoms with van der Waals surface area (Å²) < 4.78 is 39.7. The summed E-state index contributed by atoms with van der Waals surface area (Å²) in [4.78, 5) is 11.4. The Bertz CT molecular complexity index is 1590. The first-order chi connectivity index (χ1) is 20.0. The Kier molecular flexibility index (Phi) is 7.84. The third-order valence-corrected chi connectivity index (χ3v) is 10.8. The van der Waals surface area contributed by atoms with E-state index in [0.29, 0.717) is 29.5 Å². The summed E-state index contributed by atoms with van der Waals surface area (Å²) >= 11 is 6.45. The summed E-state index contributed by atoms with van der Waals surface area (Å²) in [6.45, 7) is 7.96. The van der Waals surface area contributed by atoms with Crippen LogP contribution in [0.2, 0.25) is 5.02 Å². The molecule has 2 bridgehead atoms. The first kappa shape index (κ1) is 29.2. The Morgan fingerprint density at radius 1 is 1.14 bits per heavy atom. The molecular formula is C29H38ClN7O4S. The van der Waals surface area contributed by atoms with E-state index in [1.807, 2.05) is 0 Å². The number of hydrogen-bond acceptors (Lipinski definition) is 10. The highest BCUT2D eigenvalue weighted by atomic mass is 35.5. The SMILES string of the molecule is Cc1cc(Nc2ncc(Cl)c(Nc3cn(C)nc3S(=O)(=O)C(C)C)n2)c(OC2CC2)cc1C1CC2COCC1CN2C. The van der Waals surface area contributed by atoms with E-state index in [-0.39, 0.29) is 22.0 Å². The lowest BCUT2D eigenvalue weighted by atomic mass is 9.77. The molecule has 3 unspecified atom stereocenters. The van der Waals surface area contributed by atoms with Crippen molar-refractivity contribution in [1.82, 2.24) is 24.6 Å². The molecule has 226 valence electrons. The molecule has 5 heterocycles. The molecule has 11 nitrogen and oxygen atoms in total. The summed E-state index contributed by atoms with van der Waals surface area (Å²) in [7, 11) is 0.217. The maximum atomic E-state index is 12.9. The second kappa shape index (κ2) is 11.3. The number of ether oxygens (including phenoxy) is 2. The van der Waals surface area contributed by atoms with Crippen LogP contribution in [0.15, 0.2) is 29.6 Å². The maximum absolute atomic E-state index is 12.9. The number of nitrogens with one attached hydrogen (secondary N) is 2. The molecule has 0 amide bonds. The summed E-state index contributed by atoms with van der Waals surface area (Å²) in [5, 5.41) is 10.1. The van der Waals surface area contributed by atoms with Gasteiger partial charge in [0.2, 0.25) is 20.8 Å². The minimum atomic E-state index is -3.64. The van der Waals surface area contributed by atoms with Crippen LogP contribution in [0, 0.1) is 12.8 Å². The van der Waals surface area contributed by atoms with Gasteiger partial charge in [-0.1, -0.05) is 11.6 Å². The van der Waals surface area contributed by atoms with Gasteiger partial charge in [0.05, 0.1) is 42.1 Å². The Labute approximate surface area is 251 Å². The predicted octanol–water partition coefficient (Wildman–Crippen LogP) is 4.82. The number of likely N-dealkylation sites (N-methyl/N-ethyl adjacent to an activating group) is 1. The fraction of sp³-hybridized carbons (Fsp3) is 0.552. The normalized spacial score (nSPS) is 22.8. The Morgan fingerprint density at radius 2 is 1.93 bits per heavy atom. The maximum Gasteiger partial charge on any atom is 0.229 e. The van der Waals surface area contributed by atoms with E-state index < -0.39 is 15.1 Å². The van der Waals surface area contributed by atoms with Crippen molar-refractivity contribution in [2.75, 3.05) is 37.4 Å². The van der Waals surface area contributed by atoms with Crippen molar-refractivity contribution in [2.45, 2.75) is 68.4 Å². The monoisotopic (exact) mass is 615 g/mol. The Hall–Kier alpha value is -2.93. The van der Waals surface area contributed by atoms with Crippen molar-refractivity contribution in [2.24, 2.45) is 13.0 Å². The molecule has 7 rings (SSSR count). The van der Waals surface area contributed by atoms with E-state index in [1.165, 1.54) is 22.0 Å². The van der Waals surface area contributed by atoms with E-state index in [0.717, 1.165) is 50.5 Å². The topological polar surface area (TPSA) is 124 Å². The molecule has 2 aromatic heterocycles. The standard InChI is InChI=1S/C29H38ClN7O4S/c1-16(2)42(38,39)28-25(13-37(5)35-28)32-27-23(30)11-31-29(34-27)33-24-8-17(3)21(10-26(24)41-20-6-7-20)22-9-19-15-40-14-18(22)12-36(19)4/h8,10-11,13,16,18-20,22H,6-7,9,12,14-15H2,1-5H3,(H2,31,32,33,34). The predicted molar refractivity (Wildman–Crippen MR) is 162 cm³/mol. The Balaban J connectivity index is 1.30. The molecule has 3 atom stereocenters. The van der Waals surface area contributed by atoms with Crippen LogP contribution in [0.4, 0.5) is 23.1 Å². The van der Waals surface area contributed by atoms with Crippen LogP contribution < -0.4 is 15.4 Å². The molecule has 1 saturated carbocycles. The third kappa shape index (κ3) is 5.82. The molecule has 13 heteroatoms. The van der Waals surface area contributed by atoms with Gasteiger partial charge in [0.15, 0.2) is 5.82 Å². The number of hydrogen-bond donors (Lipinski definition) is 2. The van der Waals surface area contributed by atoms with Crippen molar-refractivity contribution < 1.29 is 17.9 Å². The summed E-state index contributed by atoms with van der Waals surface area (Å²) in [6.07, 6.45) is 6.41. The number of benzene rings is 1. The van der Waals surface area contributed by atoms with E-state index in [4.69, 9.17) is 21.1 Å². The fourth-order valence-corrected chi connectivity index (χ4v) is 7.06. The average Bonchev–Trinajstić information content (AvgIpc) is 3.73. The minimum Gasteiger partial charge on any atom is -0.488 e. The van der Waals surface area contributed by atoms with Gasteiger partial charge < -0.3 is 25.0 Å². The zero-order valence-corrected chi connectivity index (χ0v) is 26.2. The van der Waals surface area contributed by atoms with Crippen molar-refractivity contribution in [3.8, 4) is 5.75 Å². The van der Waals surface area contributed by atoms with Crippen LogP contribution >= 0.6 is 11.6 Å². The molecule has 42 heavy (non-hydrogen) atoms. The molecule has 1 aromatic carbocycles. The fourth-order valence-electron chi connectivity index (χ4n) is 5.83. The molecule has 4 aliphatic rings. The molecule has 3 aromatic rings. The lowest BCUT2D eigenvalue weighted by molar-refractivity contribution is 0.115. The van der Waals surface area contributed by atoms with Gasteiger partial charge in [0, 0.05) is 31.7 Å². The van der Waals surface area contributed by atoms with E-state index in [2.05, 4.69) is 56.7 Å². The van der Waals surface area contributed by atoms with Crippen LogP contribution in [-0.2, 0) is 21.6 Å². The number of fused-ring (bicyclic) bond motifs is 4. The second-order valence-electron chi connectivity index (χ2n) is 12.0. The van der Waals surface area contributed by atoms with Gasteiger partial charge in [-0.25, -0.2) is 13.4 Å². The van der Waals surface area contributed by atoms with Gasteiger partial charge in [-0.05, 0) is 76.3 Å². The highest BCUT2D eigenvalue weighted by Crippen LogP contribution is 2.44. The number of piperidine rings is 1. The largest absolute Gasteiger partial charge is 0.488 e. The summed E-state index contributed by atoms with van der Waals surface area (Å²) in [5.74, 6) is 2.18. The number of rotatable bonds is 9. The van der Waals surface area contributed by atoms with E-state index >= 15 is 0 Å². The number of halogens is 1. The number of aryl methyl sites for hydroxylation is 2. The quantitative estimate of drug-likeness (QED) is 0.346. The molecule has 3 saturated heterocycles. The van der Waals surface area contributed by atoms with Gasteiger partial charge in [0.1, 0.15) is 10.8 Å².